The van der Waals surface area contributed by atoms with Crippen molar-refractivity contribution in [2.75, 3.05) is 52.3 Å². The van der Waals surface area contributed by atoms with E-state index < -0.39 is 0 Å². The molecular weight excluding hydrogens is 456 g/mol. The second-order valence-corrected chi connectivity index (χ2v) is 9.24. The topological polar surface area (TPSA) is 85.0 Å². The number of carbonyl (C=O) groups excluding carboxylic acids is 1. The van der Waals surface area contributed by atoms with Crippen LogP contribution in [0, 0.1) is 5.92 Å². The van der Waals surface area contributed by atoms with Crippen molar-refractivity contribution in [3.05, 3.63) is 60.2 Å². The summed E-state index contributed by atoms with van der Waals surface area (Å²) in [6.07, 6.45) is 2.25. The summed E-state index contributed by atoms with van der Waals surface area (Å²) in [5, 5.41) is 6.43. The van der Waals surface area contributed by atoms with Crippen molar-refractivity contribution >= 4 is 17.3 Å². The molecule has 0 aliphatic carbocycles. The number of benzene rings is 2. The molecule has 1 amide bonds. The van der Waals surface area contributed by atoms with E-state index in [1.165, 1.54) is 0 Å². The highest BCUT2D eigenvalue weighted by Gasteiger charge is 2.20. The van der Waals surface area contributed by atoms with Gasteiger partial charge in [-0.1, -0.05) is 6.07 Å². The molecular formula is C28H32N4O4. The molecule has 0 radical (unpaired) electrons. The number of amides is 1. The zero-order valence-electron chi connectivity index (χ0n) is 20.8. The molecule has 8 heteroatoms. The third-order valence-corrected chi connectivity index (χ3v) is 6.71. The van der Waals surface area contributed by atoms with Gasteiger partial charge in [0, 0.05) is 23.4 Å². The first-order valence-electron chi connectivity index (χ1n) is 12.4. The van der Waals surface area contributed by atoms with Crippen molar-refractivity contribution in [2.45, 2.75) is 12.8 Å². The number of carbonyl (C=O) groups is 1. The Balaban J connectivity index is 1.24. The van der Waals surface area contributed by atoms with Crippen molar-refractivity contribution < 1.29 is 19.0 Å². The van der Waals surface area contributed by atoms with Crippen LogP contribution in [-0.2, 0) is 0 Å². The van der Waals surface area contributed by atoms with Crippen molar-refractivity contribution in [1.29, 1.82) is 0 Å². The normalized spacial score (nSPS) is 15.8. The molecule has 0 bridgehead atoms. The second kappa shape index (κ2) is 10.9. The largest absolute Gasteiger partial charge is 0.486 e. The second-order valence-electron chi connectivity index (χ2n) is 9.24. The third kappa shape index (κ3) is 5.39. The van der Waals surface area contributed by atoms with Gasteiger partial charge in [0.05, 0.1) is 12.8 Å². The van der Waals surface area contributed by atoms with Gasteiger partial charge in [-0.25, -0.2) is 4.98 Å². The van der Waals surface area contributed by atoms with E-state index in [-0.39, 0.29) is 5.91 Å². The minimum Gasteiger partial charge on any atom is -0.486 e. The third-order valence-electron chi connectivity index (χ3n) is 6.71. The Kier molecular flexibility index (Phi) is 7.23. The number of nitrogens with zero attached hydrogens (tertiary/aromatic N) is 2. The lowest BCUT2D eigenvalue weighted by Crippen LogP contribution is -2.36. The van der Waals surface area contributed by atoms with Gasteiger partial charge >= 0.3 is 0 Å². The number of piperidine rings is 1. The van der Waals surface area contributed by atoms with Gasteiger partial charge in [-0.15, -0.1) is 0 Å². The number of ether oxygens (including phenoxy) is 3. The van der Waals surface area contributed by atoms with E-state index in [0.717, 1.165) is 60.9 Å². The van der Waals surface area contributed by atoms with E-state index in [2.05, 4.69) is 22.6 Å². The van der Waals surface area contributed by atoms with Crippen LogP contribution in [0.15, 0.2) is 54.6 Å². The highest BCUT2D eigenvalue weighted by atomic mass is 16.6. The van der Waals surface area contributed by atoms with Crippen molar-refractivity contribution in [2.24, 2.45) is 5.92 Å². The summed E-state index contributed by atoms with van der Waals surface area (Å²) < 4.78 is 17.1. The number of hydrogen-bond acceptors (Lipinski definition) is 7. The Morgan fingerprint density at radius 3 is 2.61 bits per heavy atom. The average molecular weight is 489 g/mol. The number of rotatable bonds is 7. The molecule has 2 aliphatic heterocycles. The monoisotopic (exact) mass is 488 g/mol. The number of aromatic nitrogens is 1. The van der Waals surface area contributed by atoms with Crippen LogP contribution < -0.4 is 24.8 Å². The van der Waals surface area contributed by atoms with Crippen LogP contribution >= 0.6 is 0 Å². The van der Waals surface area contributed by atoms with Crippen LogP contribution in [0.3, 0.4) is 0 Å². The van der Waals surface area contributed by atoms with E-state index in [0.29, 0.717) is 36.3 Å². The SMILES string of the molecule is COc1nc(-c2cccc3c2OCCO3)ccc1Nc1ccc(C(=O)NCC2CCN(C)CC2)cc1. The van der Waals surface area contributed by atoms with Crippen LogP contribution in [0.1, 0.15) is 23.2 Å². The molecule has 0 unspecified atom stereocenters. The number of methoxy groups -OCH3 is 1. The van der Waals surface area contributed by atoms with Crippen molar-refractivity contribution in [3.8, 4) is 28.6 Å². The molecule has 2 aliphatic rings. The highest BCUT2D eigenvalue weighted by molar-refractivity contribution is 5.94. The summed E-state index contributed by atoms with van der Waals surface area (Å²) in [5.41, 5.74) is 3.79. The lowest BCUT2D eigenvalue weighted by molar-refractivity contribution is 0.0939. The van der Waals surface area contributed by atoms with E-state index in [4.69, 9.17) is 19.2 Å². The first-order chi connectivity index (χ1) is 17.6. The van der Waals surface area contributed by atoms with Crippen LogP contribution in [-0.4, -0.2) is 62.8 Å². The fourth-order valence-corrected chi connectivity index (χ4v) is 4.58. The van der Waals surface area contributed by atoms with Crippen molar-refractivity contribution in [1.82, 2.24) is 15.2 Å². The van der Waals surface area contributed by atoms with Gasteiger partial charge in [0.25, 0.3) is 5.91 Å². The number of pyridine rings is 1. The molecule has 0 atom stereocenters. The van der Waals surface area contributed by atoms with E-state index in [9.17, 15) is 4.79 Å². The lowest BCUT2D eigenvalue weighted by atomic mass is 9.97. The first kappa shape index (κ1) is 23.9. The summed E-state index contributed by atoms with van der Waals surface area (Å²) in [4.78, 5) is 19.6. The maximum absolute atomic E-state index is 12.6. The minimum absolute atomic E-state index is 0.0403. The summed E-state index contributed by atoms with van der Waals surface area (Å²) in [5.74, 6) is 2.39. The summed E-state index contributed by atoms with van der Waals surface area (Å²) in [6, 6.07) is 17.0. The zero-order valence-corrected chi connectivity index (χ0v) is 20.8. The number of fused-ring (bicyclic) bond motifs is 1. The van der Waals surface area contributed by atoms with Crippen LogP contribution in [0.5, 0.6) is 17.4 Å². The minimum atomic E-state index is -0.0403. The summed E-state index contributed by atoms with van der Waals surface area (Å²) in [7, 11) is 3.74. The van der Waals surface area contributed by atoms with Crippen LogP contribution in [0.25, 0.3) is 11.3 Å². The average Bonchev–Trinajstić information content (AvgIpc) is 2.93. The Bertz CT molecular complexity index is 1210. The number of nitrogens with one attached hydrogen (secondary N) is 2. The Morgan fingerprint density at radius 2 is 1.83 bits per heavy atom. The highest BCUT2D eigenvalue weighted by Crippen LogP contribution is 2.40. The Morgan fingerprint density at radius 1 is 1.06 bits per heavy atom. The molecule has 36 heavy (non-hydrogen) atoms. The maximum Gasteiger partial charge on any atom is 0.251 e. The molecule has 1 aromatic heterocycles. The number of hydrogen-bond donors (Lipinski definition) is 2. The molecule has 0 saturated carbocycles. The molecule has 1 saturated heterocycles. The fraction of sp³-hybridized carbons (Fsp3) is 0.357. The van der Waals surface area contributed by atoms with Crippen LogP contribution in [0.2, 0.25) is 0 Å². The number of para-hydroxylation sites is 1. The molecule has 8 nitrogen and oxygen atoms in total. The standard InChI is InChI=1S/C28H32N4O4/c1-32-14-12-19(13-15-32)18-29-27(33)20-6-8-21(9-7-20)30-24-11-10-23(31-28(24)34-2)22-4-3-5-25-26(22)36-17-16-35-25/h3-11,19,30H,12-18H2,1-2H3,(H,29,33). The van der Waals surface area contributed by atoms with Gasteiger partial charge in [-0.05, 0) is 87.4 Å². The molecule has 2 N–H and O–H groups in total. The molecule has 0 spiro atoms. The zero-order chi connectivity index (χ0) is 24.9. The van der Waals surface area contributed by atoms with Gasteiger partial charge in [-0.2, -0.15) is 0 Å². The van der Waals surface area contributed by atoms with Gasteiger partial charge < -0.3 is 29.7 Å². The Labute approximate surface area is 211 Å². The molecule has 3 aromatic rings. The molecule has 188 valence electrons. The Hall–Kier alpha value is -3.78. The van der Waals surface area contributed by atoms with Gasteiger partial charge in [-0.3, -0.25) is 4.79 Å². The maximum atomic E-state index is 12.6. The smallest absolute Gasteiger partial charge is 0.251 e. The fourth-order valence-electron chi connectivity index (χ4n) is 4.58. The first-order valence-corrected chi connectivity index (χ1v) is 12.4. The molecule has 2 aromatic carbocycles. The number of anilines is 2. The van der Waals surface area contributed by atoms with E-state index in [1.54, 1.807) is 7.11 Å². The molecule has 3 heterocycles. The van der Waals surface area contributed by atoms with E-state index >= 15 is 0 Å². The van der Waals surface area contributed by atoms with E-state index in [1.807, 2.05) is 54.6 Å². The lowest BCUT2D eigenvalue weighted by Gasteiger charge is -2.28. The summed E-state index contributed by atoms with van der Waals surface area (Å²) >= 11 is 0. The quantitative estimate of drug-likeness (QED) is 0.512. The molecule has 5 rings (SSSR count). The predicted molar refractivity (Wildman–Crippen MR) is 139 cm³/mol. The van der Waals surface area contributed by atoms with Gasteiger partial charge in [0.15, 0.2) is 11.5 Å². The number of likely N-dealkylation sites (tertiary alicyclic amines) is 1. The van der Waals surface area contributed by atoms with Crippen molar-refractivity contribution in [3.63, 3.8) is 0 Å². The van der Waals surface area contributed by atoms with Gasteiger partial charge in [0.1, 0.15) is 18.9 Å². The van der Waals surface area contributed by atoms with Gasteiger partial charge in [0.2, 0.25) is 5.88 Å². The summed E-state index contributed by atoms with van der Waals surface area (Å²) in [6.45, 7) is 3.96. The predicted octanol–water partition coefficient (Wildman–Crippen LogP) is 4.34. The molecule has 1 fully saturated rings. The van der Waals surface area contributed by atoms with Crippen LogP contribution in [0.4, 0.5) is 11.4 Å².